The highest BCUT2D eigenvalue weighted by atomic mass is 16.5. The molecule has 1 amide bonds. The maximum absolute atomic E-state index is 11.6. The molecule has 0 unspecified atom stereocenters. The zero-order chi connectivity index (χ0) is 20.4. The van der Waals surface area contributed by atoms with Crippen molar-refractivity contribution in [2.24, 2.45) is 4.99 Å². The SMILES string of the molecule is CCNC(=NCc1ccc(C(=O)NC)cc1)NCCc1ccc(C)c(OC)c1. The standard InChI is InChI=1S/C22H30N4O2/c1-5-24-22(25-13-12-17-7-6-16(2)20(14-17)28-4)26-15-18-8-10-19(11-9-18)21(27)23-3/h6-11,14H,5,12-13,15H2,1-4H3,(H,23,27)(H2,24,25,26). The minimum absolute atomic E-state index is 0.0854. The van der Waals surface area contributed by atoms with E-state index in [1.807, 2.05) is 38.1 Å². The van der Waals surface area contributed by atoms with Crippen LogP contribution in [0.25, 0.3) is 0 Å². The predicted molar refractivity (Wildman–Crippen MR) is 114 cm³/mol. The highest BCUT2D eigenvalue weighted by Crippen LogP contribution is 2.19. The van der Waals surface area contributed by atoms with Crippen LogP contribution in [0.15, 0.2) is 47.5 Å². The van der Waals surface area contributed by atoms with Gasteiger partial charge in [-0.15, -0.1) is 0 Å². The Balaban J connectivity index is 1.92. The number of aliphatic imine (C=N–C) groups is 1. The lowest BCUT2D eigenvalue weighted by Crippen LogP contribution is -2.38. The second-order valence-electron chi connectivity index (χ2n) is 6.45. The number of aryl methyl sites for hydroxylation is 1. The van der Waals surface area contributed by atoms with Crippen LogP contribution in [0.5, 0.6) is 5.75 Å². The highest BCUT2D eigenvalue weighted by molar-refractivity contribution is 5.93. The van der Waals surface area contributed by atoms with Crippen molar-refractivity contribution >= 4 is 11.9 Å². The quantitative estimate of drug-likeness (QED) is 0.485. The first-order valence-electron chi connectivity index (χ1n) is 9.54. The molecule has 2 aromatic carbocycles. The number of hydrogen-bond acceptors (Lipinski definition) is 3. The Morgan fingerprint density at radius 2 is 1.79 bits per heavy atom. The van der Waals surface area contributed by atoms with Crippen LogP contribution in [0.4, 0.5) is 0 Å². The maximum atomic E-state index is 11.6. The molecule has 0 aliphatic heterocycles. The van der Waals surface area contributed by atoms with E-state index in [1.165, 1.54) is 5.56 Å². The summed E-state index contributed by atoms with van der Waals surface area (Å²) in [5.74, 6) is 1.60. The molecule has 2 aromatic rings. The van der Waals surface area contributed by atoms with Gasteiger partial charge in [0.1, 0.15) is 5.75 Å². The molecule has 6 heteroatoms. The van der Waals surface area contributed by atoms with Gasteiger partial charge in [0.25, 0.3) is 5.91 Å². The van der Waals surface area contributed by atoms with Gasteiger partial charge in [0.05, 0.1) is 13.7 Å². The molecule has 0 aliphatic carbocycles. The Bertz CT molecular complexity index is 801. The van der Waals surface area contributed by atoms with Gasteiger partial charge in [-0.2, -0.15) is 0 Å². The van der Waals surface area contributed by atoms with Gasteiger partial charge in [-0.25, -0.2) is 4.99 Å². The van der Waals surface area contributed by atoms with Crippen molar-refractivity contribution in [2.75, 3.05) is 27.2 Å². The average Bonchev–Trinajstić information content (AvgIpc) is 2.73. The largest absolute Gasteiger partial charge is 0.496 e. The van der Waals surface area contributed by atoms with Gasteiger partial charge in [0, 0.05) is 25.7 Å². The van der Waals surface area contributed by atoms with E-state index in [1.54, 1.807) is 14.2 Å². The lowest BCUT2D eigenvalue weighted by molar-refractivity contribution is 0.0963. The van der Waals surface area contributed by atoms with Gasteiger partial charge in [0.15, 0.2) is 5.96 Å². The van der Waals surface area contributed by atoms with E-state index < -0.39 is 0 Å². The smallest absolute Gasteiger partial charge is 0.251 e. The molecule has 0 heterocycles. The number of nitrogens with one attached hydrogen (secondary N) is 3. The summed E-state index contributed by atoms with van der Waals surface area (Å²) in [4.78, 5) is 16.2. The Morgan fingerprint density at radius 3 is 2.43 bits per heavy atom. The zero-order valence-corrected chi connectivity index (χ0v) is 17.1. The monoisotopic (exact) mass is 382 g/mol. The van der Waals surface area contributed by atoms with Crippen LogP contribution < -0.4 is 20.7 Å². The minimum atomic E-state index is -0.0854. The van der Waals surface area contributed by atoms with Crippen LogP contribution in [0, 0.1) is 6.92 Å². The molecule has 150 valence electrons. The number of methoxy groups -OCH3 is 1. The van der Waals surface area contributed by atoms with E-state index in [4.69, 9.17) is 4.74 Å². The van der Waals surface area contributed by atoms with Gasteiger partial charge >= 0.3 is 0 Å². The zero-order valence-electron chi connectivity index (χ0n) is 17.1. The van der Waals surface area contributed by atoms with Gasteiger partial charge in [-0.05, 0) is 55.2 Å². The summed E-state index contributed by atoms with van der Waals surface area (Å²) < 4.78 is 5.39. The van der Waals surface area contributed by atoms with E-state index in [0.29, 0.717) is 12.1 Å². The van der Waals surface area contributed by atoms with Crippen LogP contribution in [-0.2, 0) is 13.0 Å². The predicted octanol–water partition coefficient (Wildman–Crippen LogP) is 2.66. The normalized spacial score (nSPS) is 11.1. The number of carbonyl (C=O) groups excluding carboxylic acids is 1. The minimum Gasteiger partial charge on any atom is -0.496 e. The first-order valence-corrected chi connectivity index (χ1v) is 9.54. The van der Waals surface area contributed by atoms with Crippen LogP contribution in [0.2, 0.25) is 0 Å². The molecule has 0 radical (unpaired) electrons. The Morgan fingerprint density at radius 1 is 1.07 bits per heavy atom. The van der Waals surface area contributed by atoms with Crippen molar-refractivity contribution in [3.8, 4) is 5.75 Å². The fourth-order valence-electron chi connectivity index (χ4n) is 2.76. The molecule has 0 spiro atoms. The van der Waals surface area contributed by atoms with Crippen LogP contribution in [0.3, 0.4) is 0 Å². The number of hydrogen-bond donors (Lipinski definition) is 3. The lowest BCUT2D eigenvalue weighted by Gasteiger charge is -2.12. The maximum Gasteiger partial charge on any atom is 0.251 e. The fourth-order valence-corrected chi connectivity index (χ4v) is 2.76. The number of ether oxygens (including phenoxy) is 1. The number of nitrogens with zero attached hydrogens (tertiary/aromatic N) is 1. The number of rotatable bonds is 8. The summed E-state index contributed by atoms with van der Waals surface area (Å²) >= 11 is 0. The van der Waals surface area contributed by atoms with Crippen molar-refractivity contribution in [3.05, 3.63) is 64.7 Å². The third-order valence-corrected chi connectivity index (χ3v) is 4.39. The third kappa shape index (κ3) is 6.30. The van der Waals surface area contributed by atoms with Crippen molar-refractivity contribution < 1.29 is 9.53 Å². The molecule has 0 atom stereocenters. The van der Waals surface area contributed by atoms with Crippen LogP contribution >= 0.6 is 0 Å². The fraction of sp³-hybridized carbons (Fsp3) is 0.364. The average molecular weight is 383 g/mol. The van der Waals surface area contributed by atoms with Gasteiger partial charge in [0.2, 0.25) is 0 Å². The summed E-state index contributed by atoms with van der Waals surface area (Å²) in [6, 6.07) is 13.8. The molecule has 0 saturated heterocycles. The van der Waals surface area contributed by atoms with Crippen molar-refractivity contribution in [2.45, 2.75) is 26.8 Å². The Hall–Kier alpha value is -3.02. The van der Waals surface area contributed by atoms with E-state index in [-0.39, 0.29) is 5.91 Å². The van der Waals surface area contributed by atoms with E-state index in [9.17, 15) is 4.79 Å². The van der Waals surface area contributed by atoms with Gasteiger partial charge in [-0.3, -0.25) is 4.79 Å². The molecule has 0 aromatic heterocycles. The number of amides is 1. The highest BCUT2D eigenvalue weighted by Gasteiger charge is 2.04. The summed E-state index contributed by atoms with van der Waals surface area (Å²) in [5.41, 5.74) is 4.05. The van der Waals surface area contributed by atoms with Crippen molar-refractivity contribution in [3.63, 3.8) is 0 Å². The van der Waals surface area contributed by atoms with Gasteiger partial charge in [-0.1, -0.05) is 24.3 Å². The first-order chi connectivity index (χ1) is 13.6. The molecule has 0 saturated carbocycles. The van der Waals surface area contributed by atoms with Gasteiger partial charge < -0.3 is 20.7 Å². The number of guanidine groups is 1. The summed E-state index contributed by atoms with van der Waals surface area (Å²) in [6.45, 7) is 6.19. The Labute approximate surface area is 167 Å². The summed E-state index contributed by atoms with van der Waals surface area (Å²) in [7, 11) is 3.32. The summed E-state index contributed by atoms with van der Waals surface area (Å²) in [5, 5.41) is 9.24. The van der Waals surface area contributed by atoms with Crippen LogP contribution in [0.1, 0.15) is 34.0 Å². The second-order valence-corrected chi connectivity index (χ2v) is 6.45. The molecule has 28 heavy (non-hydrogen) atoms. The lowest BCUT2D eigenvalue weighted by atomic mass is 10.1. The molecular formula is C22H30N4O2. The third-order valence-electron chi connectivity index (χ3n) is 4.39. The first kappa shape index (κ1) is 21.3. The molecule has 3 N–H and O–H groups in total. The molecule has 0 fully saturated rings. The molecule has 0 aliphatic rings. The summed E-state index contributed by atoms with van der Waals surface area (Å²) in [6.07, 6.45) is 0.877. The van der Waals surface area contributed by atoms with Crippen molar-refractivity contribution in [1.29, 1.82) is 0 Å². The van der Waals surface area contributed by atoms with E-state index in [2.05, 4.69) is 39.1 Å². The number of benzene rings is 2. The molecule has 6 nitrogen and oxygen atoms in total. The van der Waals surface area contributed by atoms with E-state index >= 15 is 0 Å². The second kappa shape index (κ2) is 11.0. The number of carbonyl (C=O) groups is 1. The van der Waals surface area contributed by atoms with E-state index in [0.717, 1.165) is 42.3 Å². The van der Waals surface area contributed by atoms with Crippen LogP contribution in [-0.4, -0.2) is 39.1 Å². The van der Waals surface area contributed by atoms with Crippen molar-refractivity contribution in [1.82, 2.24) is 16.0 Å². The molecule has 0 bridgehead atoms. The topological polar surface area (TPSA) is 74.8 Å². The molecule has 2 rings (SSSR count). The molecular weight excluding hydrogens is 352 g/mol. The Kier molecular flexibility index (Phi) is 8.34.